The van der Waals surface area contributed by atoms with E-state index in [2.05, 4.69) is 4.98 Å². The van der Waals surface area contributed by atoms with Gasteiger partial charge in [-0.1, -0.05) is 24.3 Å². The number of hydrogen-bond donors (Lipinski definition) is 2. The van der Waals surface area contributed by atoms with Gasteiger partial charge >= 0.3 is 0 Å². The summed E-state index contributed by atoms with van der Waals surface area (Å²) in [4.78, 5) is 2.90. The molecule has 20 heavy (non-hydrogen) atoms. The van der Waals surface area contributed by atoms with Gasteiger partial charge in [0.25, 0.3) is 0 Å². The van der Waals surface area contributed by atoms with Crippen LogP contribution in [-0.4, -0.2) is 29.9 Å². The number of nitrogens with one attached hydrogen (secondary N) is 1. The third-order valence-corrected chi connectivity index (χ3v) is 5.03. The van der Waals surface area contributed by atoms with E-state index in [4.69, 9.17) is 5.11 Å². The summed E-state index contributed by atoms with van der Waals surface area (Å²) in [6.07, 6.45) is 1.40. The van der Waals surface area contributed by atoms with Crippen LogP contribution in [0.15, 0.2) is 41.4 Å². The average Bonchev–Trinajstić information content (AvgIpc) is 2.90. The lowest BCUT2D eigenvalue weighted by atomic mass is 10.1. The van der Waals surface area contributed by atoms with Crippen molar-refractivity contribution >= 4 is 10.0 Å². The number of aromatic nitrogens is 1. The lowest BCUT2D eigenvalue weighted by Crippen LogP contribution is -2.26. The van der Waals surface area contributed by atoms with Gasteiger partial charge in [0.1, 0.15) is 0 Å². The minimum atomic E-state index is -3.55. The van der Waals surface area contributed by atoms with Crippen LogP contribution < -0.4 is 0 Å². The second-order valence-corrected chi connectivity index (χ2v) is 6.75. The quantitative estimate of drug-likeness (QED) is 0.880. The van der Waals surface area contributed by atoms with Crippen LogP contribution in [0, 0.1) is 6.92 Å². The Kier molecular flexibility index (Phi) is 4.27. The van der Waals surface area contributed by atoms with Crippen LogP contribution >= 0.6 is 0 Å². The molecule has 0 aliphatic carbocycles. The van der Waals surface area contributed by atoms with E-state index in [-0.39, 0.29) is 11.5 Å². The summed E-state index contributed by atoms with van der Waals surface area (Å²) in [7, 11) is -2.00. The van der Waals surface area contributed by atoms with Gasteiger partial charge in [-0.15, -0.1) is 0 Å². The van der Waals surface area contributed by atoms with Crippen molar-refractivity contribution in [3.63, 3.8) is 0 Å². The fourth-order valence-corrected chi connectivity index (χ4v) is 3.12. The zero-order valence-electron chi connectivity index (χ0n) is 11.5. The van der Waals surface area contributed by atoms with Crippen molar-refractivity contribution in [2.75, 3.05) is 7.05 Å². The molecule has 0 unspecified atom stereocenters. The standard InChI is InChI=1S/C14H18N2O3S/c1-11-5-3-4-6-12(11)9-16(2)20(18,19)14-7-13(10-17)15-8-14/h3-8,15,17H,9-10H2,1-2H3. The highest BCUT2D eigenvalue weighted by Gasteiger charge is 2.22. The lowest BCUT2D eigenvalue weighted by Gasteiger charge is -2.17. The summed E-state index contributed by atoms with van der Waals surface area (Å²) < 4.78 is 26.1. The van der Waals surface area contributed by atoms with Crippen LogP contribution in [0.25, 0.3) is 0 Å². The van der Waals surface area contributed by atoms with Crippen molar-refractivity contribution in [1.82, 2.24) is 9.29 Å². The molecular formula is C14H18N2O3S. The van der Waals surface area contributed by atoms with Gasteiger partial charge < -0.3 is 10.1 Å². The first-order valence-electron chi connectivity index (χ1n) is 6.24. The van der Waals surface area contributed by atoms with Crippen molar-refractivity contribution in [2.45, 2.75) is 25.0 Å². The summed E-state index contributed by atoms with van der Waals surface area (Å²) in [5.74, 6) is 0. The number of hydrogen-bond acceptors (Lipinski definition) is 3. The number of aliphatic hydroxyl groups excluding tert-OH is 1. The van der Waals surface area contributed by atoms with E-state index in [0.717, 1.165) is 11.1 Å². The van der Waals surface area contributed by atoms with E-state index in [1.165, 1.54) is 16.6 Å². The van der Waals surface area contributed by atoms with Crippen molar-refractivity contribution in [3.8, 4) is 0 Å². The third-order valence-electron chi connectivity index (χ3n) is 3.25. The number of aromatic amines is 1. The molecule has 1 aromatic heterocycles. The topological polar surface area (TPSA) is 73.4 Å². The number of benzene rings is 1. The van der Waals surface area contributed by atoms with Gasteiger partial charge in [-0.05, 0) is 24.1 Å². The molecule has 0 fully saturated rings. The SMILES string of the molecule is Cc1ccccc1CN(C)S(=O)(=O)c1c[nH]c(CO)c1. The molecule has 1 heterocycles. The van der Waals surface area contributed by atoms with E-state index in [1.54, 1.807) is 7.05 Å². The molecule has 0 bridgehead atoms. The Bertz CT molecular complexity index is 692. The summed E-state index contributed by atoms with van der Waals surface area (Å²) in [6.45, 7) is 2.06. The lowest BCUT2D eigenvalue weighted by molar-refractivity contribution is 0.277. The Balaban J connectivity index is 2.23. The minimum absolute atomic E-state index is 0.164. The summed E-state index contributed by atoms with van der Waals surface area (Å²) in [5, 5.41) is 8.99. The minimum Gasteiger partial charge on any atom is -0.390 e. The Morgan fingerprint density at radius 2 is 2.00 bits per heavy atom. The zero-order valence-corrected chi connectivity index (χ0v) is 12.3. The monoisotopic (exact) mass is 294 g/mol. The number of nitrogens with zero attached hydrogens (tertiary/aromatic N) is 1. The normalized spacial score (nSPS) is 12.0. The predicted molar refractivity (Wildman–Crippen MR) is 76.5 cm³/mol. The molecule has 2 rings (SSSR count). The smallest absolute Gasteiger partial charge is 0.244 e. The first-order valence-corrected chi connectivity index (χ1v) is 7.68. The number of H-pyrrole nitrogens is 1. The second-order valence-electron chi connectivity index (χ2n) is 4.71. The van der Waals surface area contributed by atoms with E-state index >= 15 is 0 Å². The molecule has 108 valence electrons. The van der Waals surface area contributed by atoms with Crippen molar-refractivity contribution in [3.05, 3.63) is 53.3 Å². The Hall–Kier alpha value is -1.63. The number of sulfonamides is 1. The molecule has 0 radical (unpaired) electrons. The van der Waals surface area contributed by atoms with Gasteiger partial charge in [0.15, 0.2) is 0 Å². The molecule has 5 nitrogen and oxygen atoms in total. The highest BCUT2D eigenvalue weighted by atomic mass is 32.2. The zero-order chi connectivity index (χ0) is 14.8. The van der Waals surface area contributed by atoms with Crippen LogP contribution in [0.1, 0.15) is 16.8 Å². The highest BCUT2D eigenvalue weighted by Crippen LogP contribution is 2.19. The molecule has 0 saturated carbocycles. The summed E-state index contributed by atoms with van der Waals surface area (Å²) >= 11 is 0. The fourth-order valence-electron chi connectivity index (χ4n) is 1.95. The molecule has 0 aliphatic rings. The van der Waals surface area contributed by atoms with E-state index in [1.807, 2.05) is 31.2 Å². The first-order chi connectivity index (χ1) is 9.45. The summed E-state index contributed by atoms with van der Waals surface area (Å²) in [6, 6.07) is 9.13. The predicted octanol–water partition coefficient (Wildman–Crippen LogP) is 1.64. The van der Waals surface area contributed by atoms with Gasteiger partial charge in [-0.25, -0.2) is 8.42 Å². The van der Waals surface area contributed by atoms with Gasteiger partial charge in [0.2, 0.25) is 10.0 Å². The number of aliphatic hydroxyl groups is 1. The van der Waals surface area contributed by atoms with Crippen LogP contribution in [0.5, 0.6) is 0 Å². The van der Waals surface area contributed by atoms with E-state index < -0.39 is 10.0 Å². The van der Waals surface area contributed by atoms with Crippen LogP contribution in [0.4, 0.5) is 0 Å². The Labute approximate surface area is 118 Å². The van der Waals surface area contributed by atoms with Crippen molar-refractivity contribution in [2.24, 2.45) is 0 Å². The molecule has 2 aromatic rings. The molecule has 2 N–H and O–H groups in total. The van der Waals surface area contributed by atoms with Crippen molar-refractivity contribution < 1.29 is 13.5 Å². The molecule has 1 aromatic carbocycles. The molecule has 0 aliphatic heterocycles. The van der Waals surface area contributed by atoms with Gasteiger partial charge in [0, 0.05) is 25.5 Å². The Morgan fingerprint density at radius 1 is 1.30 bits per heavy atom. The van der Waals surface area contributed by atoms with Crippen LogP contribution in [0.2, 0.25) is 0 Å². The maximum Gasteiger partial charge on any atom is 0.244 e. The average molecular weight is 294 g/mol. The molecule has 0 saturated heterocycles. The van der Waals surface area contributed by atoms with Crippen molar-refractivity contribution in [1.29, 1.82) is 0 Å². The Morgan fingerprint density at radius 3 is 2.60 bits per heavy atom. The molecule has 0 atom stereocenters. The first kappa shape index (κ1) is 14.8. The van der Waals surface area contributed by atoms with E-state index in [9.17, 15) is 8.42 Å². The van der Waals surface area contributed by atoms with Crippen LogP contribution in [-0.2, 0) is 23.2 Å². The molecule has 0 spiro atoms. The number of rotatable bonds is 5. The maximum atomic E-state index is 12.4. The van der Waals surface area contributed by atoms with Gasteiger partial charge in [0.05, 0.1) is 11.5 Å². The summed E-state index contributed by atoms with van der Waals surface area (Å²) in [5.41, 5.74) is 2.50. The molecule has 6 heteroatoms. The van der Waals surface area contributed by atoms with Gasteiger partial charge in [-0.2, -0.15) is 4.31 Å². The highest BCUT2D eigenvalue weighted by molar-refractivity contribution is 7.89. The largest absolute Gasteiger partial charge is 0.390 e. The third kappa shape index (κ3) is 2.92. The molecular weight excluding hydrogens is 276 g/mol. The van der Waals surface area contributed by atoms with Gasteiger partial charge in [-0.3, -0.25) is 0 Å². The van der Waals surface area contributed by atoms with Crippen LogP contribution in [0.3, 0.4) is 0 Å². The molecule has 0 amide bonds. The number of aryl methyl sites for hydroxylation is 1. The maximum absolute atomic E-state index is 12.4. The van der Waals surface area contributed by atoms with E-state index in [0.29, 0.717) is 12.2 Å². The second kappa shape index (κ2) is 5.78. The fraction of sp³-hybridized carbons (Fsp3) is 0.286.